The van der Waals surface area contributed by atoms with Crippen LogP contribution in [0.5, 0.6) is 0 Å². The molecule has 1 aliphatic rings. The third kappa shape index (κ3) is 1.64. The predicted octanol–water partition coefficient (Wildman–Crippen LogP) is 1.66. The fourth-order valence-corrected chi connectivity index (χ4v) is 2.91. The standard InChI is InChI=1S/C10H16N2OS/c1-7-6-14-10(11-7)12-4-3-9(5-13)8(12)2/h6,8-9,13H,3-5H2,1-2H3. The van der Waals surface area contributed by atoms with Crippen molar-refractivity contribution in [3.8, 4) is 0 Å². The highest BCUT2D eigenvalue weighted by Gasteiger charge is 2.31. The molecule has 4 heteroatoms. The predicted molar refractivity (Wildman–Crippen MR) is 58.9 cm³/mol. The van der Waals surface area contributed by atoms with Gasteiger partial charge >= 0.3 is 0 Å². The van der Waals surface area contributed by atoms with Crippen LogP contribution in [-0.2, 0) is 0 Å². The van der Waals surface area contributed by atoms with Crippen LogP contribution in [0.2, 0.25) is 0 Å². The number of anilines is 1. The number of aromatic nitrogens is 1. The van der Waals surface area contributed by atoms with Gasteiger partial charge in [-0.15, -0.1) is 11.3 Å². The van der Waals surface area contributed by atoms with Crippen LogP contribution in [-0.4, -0.2) is 29.3 Å². The van der Waals surface area contributed by atoms with Crippen LogP contribution in [0.1, 0.15) is 19.0 Å². The van der Waals surface area contributed by atoms with Gasteiger partial charge in [-0.05, 0) is 20.3 Å². The highest BCUT2D eigenvalue weighted by Crippen LogP contribution is 2.31. The maximum Gasteiger partial charge on any atom is 0.185 e. The molecule has 2 heterocycles. The average Bonchev–Trinajstić information content (AvgIpc) is 2.72. The van der Waals surface area contributed by atoms with Crippen LogP contribution in [0.25, 0.3) is 0 Å². The van der Waals surface area contributed by atoms with Gasteiger partial charge in [0, 0.05) is 30.5 Å². The van der Waals surface area contributed by atoms with Crippen LogP contribution in [0.15, 0.2) is 5.38 Å². The van der Waals surface area contributed by atoms with E-state index in [-0.39, 0.29) is 0 Å². The molecule has 1 fully saturated rings. The Bertz CT molecular complexity index is 313. The number of rotatable bonds is 2. The van der Waals surface area contributed by atoms with Gasteiger partial charge in [0.2, 0.25) is 0 Å². The molecule has 1 saturated heterocycles. The van der Waals surface area contributed by atoms with Crippen LogP contribution in [0, 0.1) is 12.8 Å². The van der Waals surface area contributed by atoms with E-state index in [0.29, 0.717) is 18.6 Å². The average molecular weight is 212 g/mol. The lowest BCUT2D eigenvalue weighted by molar-refractivity contribution is 0.221. The molecule has 1 aliphatic heterocycles. The summed E-state index contributed by atoms with van der Waals surface area (Å²) in [6.45, 7) is 5.51. The molecule has 0 saturated carbocycles. The molecule has 0 amide bonds. The zero-order chi connectivity index (χ0) is 10.1. The first-order valence-corrected chi connectivity index (χ1v) is 5.90. The summed E-state index contributed by atoms with van der Waals surface area (Å²) in [6, 6.07) is 0.422. The number of nitrogens with zero attached hydrogens (tertiary/aromatic N) is 2. The molecule has 2 unspecified atom stereocenters. The van der Waals surface area contributed by atoms with E-state index in [2.05, 4.69) is 22.2 Å². The summed E-state index contributed by atoms with van der Waals surface area (Å²) in [6.07, 6.45) is 1.08. The van der Waals surface area contributed by atoms with E-state index in [1.54, 1.807) is 11.3 Å². The Morgan fingerprint density at radius 1 is 1.71 bits per heavy atom. The van der Waals surface area contributed by atoms with Crippen molar-refractivity contribution in [1.29, 1.82) is 0 Å². The first-order chi connectivity index (χ1) is 6.72. The second-order valence-corrected chi connectivity index (χ2v) is 4.77. The van der Waals surface area contributed by atoms with E-state index in [0.717, 1.165) is 23.8 Å². The minimum Gasteiger partial charge on any atom is -0.396 e. The highest BCUT2D eigenvalue weighted by molar-refractivity contribution is 7.13. The maximum atomic E-state index is 9.16. The van der Waals surface area contributed by atoms with Gasteiger partial charge in [0.15, 0.2) is 5.13 Å². The molecule has 1 aromatic rings. The van der Waals surface area contributed by atoms with Gasteiger partial charge in [0.1, 0.15) is 0 Å². The third-order valence-electron chi connectivity index (χ3n) is 3.00. The van der Waals surface area contributed by atoms with E-state index < -0.39 is 0 Å². The quantitative estimate of drug-likeness (QED) is 0.810. The highest BCUT2D eigenvalue weighted by atomic mass is 32.1. The molecular formula is C10H16N2OS. The minimum absolute atomic E-state index is 0.294. The van der Waals surface area contributed by atoms with Crippen molar-refractivity contribution in [3.05, 3.63) is 11.1 Å². The van der Waals surface area contributed by atoms with Gasteiger partial charge < -0.3 is 10.0 Å². The molecule has 0 aliphatic carbocycles. The van der Waals surface area contributed by atoms with Gasteiger partial charge in [0.05, 0.1) is 5.69 Å². The molecule has 2 atom stereocenters. The summed E-state index contributed by atoms with van der Waals surface area (Å²) < 4.78 is 0. The molecule has 0 aromatic carbocycles. The van der Waals surface area contributed by atoms with E-state index >= 15 is 0 Å². The zero-order valence-electron chi connectivity index (χ0n) is 8.60. The molecule has 0 bridgehead atoms. The van der Waals surface area contributed by atoms with Crippen molar-refractivity contribution in [2.75, 3.05) is 18.1 Å². The molecular weight excluding hydrogens is 196 g/mol. The normalized spacial score (nSPS) is 27.2. The molecule has 0 spiro atoms. The van der Waals surface area contributed by atoms with E-state index in [1.165, 1.54) is 0 Å². The molecule has 1 aromatic heterocycles. The number of thiazole rings is 1. The van der Waals surface area contributed by atoms with Crippen molar-refractivity contribution in [3.63, 3.8) is 0 Å². The minimum atomic E-state index is 0.294. The number of aryl methyl sites for hydroxylation is 1. The van der Waals surface area contributed by atoms with Crippen molar-refractivity contribution in [2.24, 2.45) is 5.92 Å². The first-order valence-electron chi connectivity index (χ1n) is 5.02. The Morgan fingerprint density at radius 2 is 2.50 bits per heavy atom. The van der Waals surface area contributed by atoms with Crippen molar-refractivity contribution >= 4 is 16.5 Å². The topological polar surface area (TPSA) is 36.4 Å². The molecule has 1 N–H and O–H groups in total. The third-order valence-corrected chi connectivity index (χ3v) is 4.00. The lowest BCUT2D eigenvalue weighted by Crippen LogP contribution is -2.30. The maximum absolute atomic E-state index is 9.16. The Kier molecular flexibility index (Phi) is 2.74. The van der Waals surface area contributed by atoms with E-state index in [9.17, 15) is 0 Å². The van der Waals surface area contributed by atoms with E-state index in [1.807, 2.05) is 6.92 Å². The monoisotopic (exact) mass is 212 g/mol. The second kappa shape index (κ2) is 3.87. The van der Waals surface area contributed by atoms with Gasteiger partial charge in [-0.2, -0.15) is 0 Å². The van der Waals surface area contributed by atoms with Crippen molar-refractivity contribution < 1.29 is 5.11 Å². The first kappa shape index (κ1) is 9.93. The number of aliphatic hydroxyl groups is 1. The lowest BCUT2D eigenvalue weighted by atomic mass is 10.0. The Balaban J connectivity index is 2.13. The smallest absolute Gasteiger partial charge is 0.185 e. The SMILES string of the molecule is Cc1csc(N2CCC(CO)C2C)n1. The van der Waals surface area contributed by atoms with E-state index in [4.69, 9.17) is 5.11 Å². The Hall–Kier alpha value is -0.610. The summed E-state index contributed by atoms with van der Waals surface area (Å²) in [5, 5.41) is 12.3. The Labute approximate surface area is 88.4 Å². The largest absolute Gasteiger partial charge is 0.396 e. The van der Waals surface area contributed by atoms with Gasteiger partial charge in [-0.3, -0.25) is 0 Å². The molecule has 3 nitrogen and oxygen atoms in total. The lowest BCUT2D eigenvalue weighted by Gasteiger charge is -2.23. The summed E-state index contributed by atoms with van der Waals surface area (Å²) >= 11 is 1.70. The number of aliphatic hydroxyl groups excluding tert-OH is 1. The van der Waals surface area contributed by atoms with Crippen LogP contribution < -0.4 is 4.90 Å². The van der Waals surface area contributed by atoms with Crippen molar-refractivity contribution in [1.82, 2.24) is 4.98 Å². The summed E-state index contributed by atoms with van der Waals surface area (Å²) in [5.74, 6) is 0.416. The number of hydrogen-bond acceptors (Lipinski definition) is 4. The second-order valence-electron chi connectivity index (χ2n) is 3.94. The molecule has 0 radical (unpaired) electrons. The zero-order valence-corrected chi connectivity index (χ0v) is 9.42. The molecule has 14 heavy (non-hydrogen) atoms. The molecule has 78 valence electrons. The van der Waals surface area contributed by atoms with Crippen LogP contribution in [0.3, 0.4) is 0 Å². The summed E-state index contributed by atoms with van der Waals surface area (Å²) in [5.41, 5.74) is 1.09. The molecule has 2 rings (SSSR count). The van der Waals surface area contributed by atoms with Gasteiger partial charge in [-0.1, -0.05) is 0 Å². The summed E-state index contributed by atoms with van der Waals surface area (Å²) in [4.78, 5) is 6.78. The van der Waals surface area contributed by atoms with Crippen molar-refractivity contribution in [2.45, 2.75) is 26.3 Å². The van der Waals surface area contributed by atoms with Crippen LogP contribution in [0.4, 0.5) is 5.13 Å². The van der Waals surface area contributed by atoms with Gasteiger partial charge in [0.25, 0.3) is 0 Å². The fraction of sp³-hybridized carbons (Fsp3) is 0.700. The van der Waals surface area contributed by atoms with Gasteiger partial charge in [-0.25, -0.2) is 4.98 Å². The van der Waals surface area contributed by atoms with Crippen LogP contribution >= 0.6 is 11.3 Å². The Morgan fingerprint density at radius 3 is 3.00 bits per heavy atom. The fourth-order valence-electron chi connectivity index (χ4n) is 1.99. The summed E-state index contributed by atoms with van der Waals surface area (Å²) in [7, 11) is 0. The number of hydrogen-bond donors (Lipinski definition) is 1.